The SMILES string of the molecule is C[C@@H]1CC(O)c2ncnc(N3CCN(C(=O)Cc4ccc(Cl)cc4)CC3)c21. The number of benzene rings is 1. The van der Waals surface area contributed by atoms with Crippen LogP contribution < -0.4 is 4.90 Å². The zero-order chi connectivity index (χ0) is 19.0. The first-order valence-electron chi connectivity index (χ1n) is 9.33. The summed E-state index contributed by atoms with van der Waals surface area (Å²) in [5.74, 6) is 1.29. The number of anilines is 1. The van der Waals surface area contributed by atoms with Crippen LogP contribution in [0.5, 0.6) is 0 Å². The van der Waals surface area contributed by atoms with Gasteiger partial charge in [-0.2, -0.15) is 0 Å². The van der Waals surface area contributed by atoms with Crippen LogP contribution in [0.1, 0.15) is 42.2 Å². The molecule has 0 spiro atoms. The molecule has 1 aromatic heterocycles. The number of amides is 1. The Hall–Kier alpha value is -2.18. The molecule has 1 aliphatic carbocycles. The van der Waals surface area contributed by atoms with E-state index in [1.54, 1.807) is 0 Å². The molecule has 1 aliphatic heterocycles. The lowest BCUT2D eigenvalue weighted by atomic mass is 10.1. The third-order valence-corrected chi connectivity index (χ3v) is 5.73. The summed E-state index contributed by atoms with van der Waals surface area (Å²) in [6, 6.07) is 7.42. The maximum atomic E-state index is 12.6. The minimum atomic E-state index is -0.501. The van der Waals surface area contributed by atoms with Crippen LogP contribution in [0.4, 0.5) is 5.82 Å². The number of rotatable bonds is 3. The number of carbonyl (C=O) groups excluding carboxylic acids is 1. The molecule has 0 saturated carbocycles. The van der Waals surface area contributed by atoms with Crippen molar-refractivity contribution >= 4 is 23.3 Å². The smallest absolute Gasteiger partial charge is 0.227 e. The van der Waals surface area contributed by atoms with Crippen LogP contribution in [0.25, 0.3) is 0 Å². The van der Waals surface area contributed by atoms with Crippen LogP contribution >= 0.6 is 11.6 Å². The first kappa shape index (κ1) is 18.2. The van der Waals surface area contributed by atoms with Crippen molar-refractivity contribution in [3.8, 4) is 0 Å². The summed E-state index contributed by atoms with van der Waals surface area (Å²) in [6.45, 7) is 4.91. The van der Waals surface area contributed by atoms with Gasteiger partial charge >= 0.3 is 0 Å². The molecule has 0 radical (unpaired) electrons. The van der Waals surface area contributed by atoms with Gasteiger partial charge in [-0.3, -0.25) is 4.79 Å². The van der Waals surface area contributed by atoms with E-state index in [-0.39, 0.29) is 11.8 Å². The number of hydrogen-bond donors (Lipinski definition) is 1. The van der Waals surface area contributed by atoms with Crippen LogP contribution in [0.2, 0.25) is 5.02 Å². The zero-order valence-corrected chi connectivity index (χ0v) is 16.1. The highest BCUT2D eigenvalue weighted by Crippen LogP contribution is 2.42. The van der Waals surface area contributed by atoms with E-state index < -0.39 is 6.10 Å². The van der Waals surface area contributed by atoms with Gasteiger partial charge in [0.05, 0.1) is 18.2 Å². The van der Waals surface area contributed by atoms with Gasteiger partial charge in [0.2, 0.25) is 5.91 Å². The first-order chi connectivity index (χ1) is 13.0. The van der Waals surface area contributed by atoms with E-state index >= 15 is 0 Å². The number of nitrogens with zero attached hydrogens (tertiary/aromatic N) is 4. The lowest BCUT2D eigenvalue weighted by molar-refractivity contribution is -0.130. The predicted octanol–water partition coefficient (Wildman–Crippen LogP) is 2.56. The van der Waals surface area contributed by atoms with Crippen molar-refractivity contribution < 1.29 is 9.90 Å². The average molecular weight is 387 g/mol. The third-order valence-electron chi connectivity index (χ3n) is 5.48. The van der Waals surface area contributed by atoms with Gasteiger partial charge in [-0.1, -0.05) is 30.7 Å². The van der Waals surface area contributed by atoms with Crippen molar-refractivity contribution in [2.24, 2.45) is 0 Å². The summed E-state index contributed by atoms with van der Waals surface area (Å²) in [4.78, 5) is 25.5. The third kappa shape index (κ3) is 3.64. The molecule has 2 atom stereocenters. The summed E-state index contributed by atoms with van der Waals surface area (Å²) in [6.07, 6.45) is 2.12. The second-order valence-electron chi connectivity index (χ2n) is 7.32. The predicted molar refractivity (Wildman–Crippen MR) is 104 cm³/mol. The molecule has 6 nitrogen and oxygen atoms in total. The molecule has 7 heteroatoms. The Bertz CT molecular complexity index is 834. The molecule has 1 aromatic carbocycles. The maximum Gasteiger partial charge on any atom is 0.227 e. The summed E-state index contributed by atoms with van der Waals surface area (Å²) in [7, 11) is 0. The number of fused-ring (bicyclic) bond motifs is 1. The zero-order valence-electron chi connectivity index (χ0n) is 15.3. The van der Waals surface area contributed by atoms with E-state index in [2.05, 4.69) is 21.8 Å². The van der Waals surface area contributed by atoms with Gasteiger partial charge < -0.3 is 14.9 Å². The summed E-state index contributed by atoms with van der Waals surface area (Å²) in [5, 5.41) is 10.9. The van der Waals surface area contributed by atoms with Crippen molar-refractivity contribution in [2.45, 2.75) is 31.8 Å². The van der Waals surface area contributed by atoms with Crippen LogP contribution in [-0.4, -0.2) is 52.1 Å². The van der Waals surface area contributed by atoms with Crippen molar-refractivity contribution in [2.75, 3.05) is 31.1 Å². The van der Waals surface area contributed by atoms with Gasteiger partial charge in [0, 0.05) is 36.8 Å². The highest BCUT2D eigenvalue weighted by atomic mass is 35.5. The Morgan fingerprint density at radius 1 is 1.19 bits per heavy atom. The topological polar surface area (TPSA) is 69.6 Å². The van der Waals surface area contributed by atoms with Crippen molar-refractivity contribution in [1.82, 2.24) is 14.9 Å². The van der Waals surface area contributed by atoms with E-state index in [0.29, 0.717) is 31.0 Å². The number of halogens is 1. The second-order valence-corrected chi connectivity index (χ2v) is 7.76. The van der Waals surface area contributed by atoms with E-state index in [1.807, 2.05) is 29.2 Å². The normalized spacial score (nSPS) is 22.0. The standard InChI is InChI=1S/C20H23ClN4O2/c1-13-10-16(26)19-18(13)20(23-12-22-19)25-8-6-24(7-9-25)17(27)11-14-2-4-15(21)5-3-14/h2-5,12-13,16,26H,6-11H2,1H3/t13-,16?/m1/s1. The van der Waals surface area contributed by atoms with E-state index in [0.717, 1.165) is 35.7 Å². The van der Waals surface area contributed by atoms with Crippen molar-refractivity contribution in [1.29, 1.82) is 0 Å². The fourth-order valence-corrected chi connectivity index (χ4v) is 4.14. The van der Waals surface area contributed by atoms with Crippen LogP contribution in [0.3, 0.4) is 0 Å². The van der Waals surface area contributed by atoms with Crippen LogP contribution in [-0.2, 0) is 11.2 Å². The van der Waals surface area contributed by atoms with Gasteiger partial charge in [-0.15, -0.1) is 0 Å². The fraction of sp³-hybridized carbons (Fsp3) is 0.450. The van der Waals surface area contributed by atoms with Crippen molar-refractivity contribution in [3.63, 3.8) is 0 Å². The van der Waals surface area contributed by atoms with Gasteiger partial charge in [-0.25, -0.2) is 9.97 Å². The van der Waals surface area contributed by atoms with Gasteiger partial charge in [-0.05, 0) is 30.0 Å². The quantitative estimate of drug-likeness (QED) is 0.877. The molecule has 2 heterocycles. The molecule has 2 aromatic rings. The lowest BCUT2D eigenvalue weighted by Gasteiger charge is -2.36. The summed E-state index contributed by atoms with van der Waals surface area (Å²) < 4.78 is 0. The Morgan fingerprint density at radius 2 is 1.89 bits per heavy atom. The first-order valence-corrected chi connectivity index (χ1v) is 9.70. The molecule has 1 fully saturated rings. The van der Waals surface area contributed by atoms with Crippen LogP contribution in [0, 0.1) is 0 Å². The van der Waals surface area contributed by atoms with Gasteiger partial charge in [0.15, 0.2) is 0 Å². The minimum absolute atomic E-state index is 0.133. The van der Waals surface area contributed by atoms with E-state index in [1.165, 1.54) is 6.33 Å². The number of aromatic nitrogens is 2. The average Bonchev–Trinajstić information content (AvgIpc) is 2.98. The number of piperazine rings is 1. The molecule has 0 bridgehead atoms. The molecular formula is C20H23ClN4O2. The Kier molecular flexibility index (Phi) is 5.02. The lowest BCUT2D eigenvalue weighted by Crippen LogP contribution is -2.49. The molecule has 1 amide bonds. The molecule has 1 saturated heterocycles. The molecule has 1 unspecified atom stereocenters. The number of aliphatic hydroxyl groups excluding tert-OH is 1. The van der Waals surface area contributed by atoms with Gasteiger partial charge in [0.1, 0.15) is 12.1 Å². The highest BCUT2D eigenvalue weighted by Gasteiger charge is 2.33. The fourth-order valence-electron chi connectivity index (χ4n) is 4.01. The maximum absolute atomic E-state index is 12.6. The summed E-state index contributed by atoms with van der Waals surface area (Å²) >= 11 is 5.90. The number of aliphatic hydroxyl groups is 1. The molecule has 1 N–H and O–H groups in total. The van der Waals surface area contributed by atoms with Crippen molar-refractivity contribution in [3.05, 3.63) is 52.4 Å². The van der Waals surface area contributed by atoms with Gasteiger partial charge in [0.25, 0.3) is 0 Å². The molecule has 27 heavy (non-hydrogen) atoms. The highest BCUT2D eigenvalue weighted by molar-refractivity contribution is 6.30. The summed E-state index contributed by atoms with van der Waals surface area (Å²) in [5.41, 5.74) is 2.79. The Morgan fingerprint density at radius 3 is 2.59 bits per heavy atom. The molecule has 4 rings (SSSR count). The minimum Gasteiger partial charge on any atom is -0.387 e. The largest absolute Gasteiger partial charge is 0.387 e. The molecule has 142 valence electrons. The Labute approximate surface area is 163 Å². The molecule has 2 aliphatic rings. The monoisotopic (exact) mass is 386 g/mol. The molecular weight excluding hydrogens is 364 g/mol. The van der Waals surface area contributed by atoms with Crippen LogP contribution in [0.15, 0.2) is 30.6 Å². The number of carbonyl (C=O) groups is 1. The van der Waals surface area contributed by atoms with E-state index in [9.17, 15) is 9.90 Å². The number of hydrogen-bond acceptors (Lipinski definition) is 5. The Balaban J connectivity index is 1.41. The van der Waals surface area contributed by atoms with E-state index in [4.69, 9.17) is 11.6 Å². The second kappa shape index (κ2) is 7.44.